The fourth-order valence-corrected chi connectivity index (χ4v) is 22.6. The first-order valence-electron chi connectivity index (χ1n) is 6.18. The van der Waals surface area contributed by atoms with Crippen LogP contribution in [0, 0.1) is 0 Å². The summed E-state index contributed by atoms with van der Waals surface area (Å²) in [7, 11) is 0. The van der Waals surface area contributed by atoms with Crippen LogP contribution in [-0.2, 0) is 4.79 Å². The molecule has 0 fully saturated rings. The summed E-state index contributed by atoms with van der Waals surface area (Å²) >= 11 is -1.43. The number of carbonyl (C=O) groups is 1. The predicted molar refractivity (Wildman–Crippen MR) is 78.2 cm³/mol. The SMILES string of the molecule is CC(=O)O.C[C](C)(C)[Sn]([C](C)(C)C)[C](C)(C)C. The Hall–Kier alpha value is 0.269. The Balaban J connectivity index is 0. The minimum atomic E-state index is -1.43. The summed E-state index contributed by atoms with van der Waals surface area (Å²) in [6.07, 6.45) is 0. The Morgan fingerprint density at radius 3 is 0.882 bits per heavy atom. The van der Waals surface area contributed by atoms with Crippen molar-refractivity contribution in [1.82, 2.24) is 0 Å². The molecule has 0 saturated carbocycles. The van der Waals surface area contributed by atoms with Crippen LogP contribution in [0.2, 0.25) is 10.3 Å². The summed E-state index contributed by atoms with van der Waals surface area (Å²) in [6, 6.07) is 0. The van der Waals surface area contributed by atoms with E-state index < -0.39 is 25.7 Å². The first-order valence-corrected chi connectivity index (χ1v) is 10.5. The fraction of sp³-hybridized carbons (Fsp3) is 0.929. The average Bonchev–Trinajstić information content (AvgIpc) is 1.69. The van der Waals surface area contributed by atoms with Crippen LogP contribution in [-0.4, -0.2) is 30.8 Å². The van der Waals surface area contributed by atoms with Gasteiger partial charge in [0.15, 0.2) is 0 Å². The fourth-order valence-electron chi connectivity index (χ4n) is 3.38. The zero-order chi connectivity index (χ0) is 14.7. The number of aliphatic carboxylic acids is 1. The van der Waals surface area contributed by atoms with Gasteiger partial charge in [0, 0.05) is 6.92 Å². The molecule has 0 rings (SSSR count). The molecule has 0 aliphatic heterocycles. The van der Waals surface area contributed by atoms with E-state index in [0.717, 1.165) is 6.92 Å². The maximum absolute atomic E-state index is 9.00. The molecule has 0 unspecified atom stereocenters. The van der Waals surface area contributed by atoms with Crippen molar-refractivity contribution >= 4 is 25.7 Å². The van der Waals surface area contributed by atoms with Crippen molar-refractivity contribution in [3.05, 3.63) is 0 Å². The van der Waals surface area contributed by atoms with Crippen molar-refractivity contribution in [2.45, 2.75) is 79.5 Å². The number of rotatable bonds is 0. The predicted octanol–water partition coefficient (Wildman–Crippen LogP) is 4.97. The van der Waals surface area contributed by atoms with Crippen LogP contribution in [0.3, 0.4) is 0 Å². The van der Waals surface area contributed by atoms with Crippen molar-refractivity contribution in [1.29, 1.82) is 0 Å². The van der Waals surface area contributed by atoms with Crippen LogP contribution < -0.4 is 0 Å². The van der Waals surface area contributed by atoms with E-state index in [9.17, 15) is 0 Å². The van der Waals surface area contributed by atoms with Crippen LogP contribution in [0.15, 0.2) is 0 Å². The normalized spacial score (nSPS) is 13.1. The molecule has 0 aromatic carbocycles. The van der Waals surface area contributed by atoms with Crippen LogP contribution >= 0.6 is 0 Å². The molecule has 0 bridgehead atoms. The van der Waals surface area contributed by atoms with Gasteiger partial charge in [-0.25, -0.2) is 0 Å². The maximum atomic E-state index is 9.00. The van der Waals surface area contributed by atoms with Gasteiger partial charge in [-0.3, -0.25) is 4.79 Å². The van der Waals surface area contributed by atoms with E-state index >= 15 is 0 Å². The second-order valence-electron chi connectivity index (χ2n) is 7.64. The molecule has 1 radical (unpaired) electrons. The van der Waals surface area contributed by atoms with Gasteiger partial charge in [0.05, 0.1) is 0 Å². The molecule has 0 atom stereocenters. The van der Waals surface area contributed by atoms with E-state index in [1.54, 1.807) is 0 Å². The standard InChI is InChI=1S/3C4H9.C2H4O2.Sn/c3*1-4(2)3;1-2(3)4;/h3*1-3H3;1H3,(H,3,4);. The molecular weight excluding hydrogens is 319 g/mol. The van der Waals surface area contributed by atoms with Gasteiger partial charge < -0.3 is 5.11 Å². The molecule has 0 aromatic heterocycles. The number of carboxylic acid groups (broad SMARTS) is 1. The number of hydrogen-bond donors (Lipinski definition) is 1. The Morgan fingerprint density at radius 1 is 0.765 bits per heavy atom. The number of hydrogen-bond acceptors (Lipinski definition) is 1. The topological polar surface area (TPSA) is 37.3 Å². The number of carboxylic acids is 1. The average molecular weight is 350 g/mol. The zero-order valence-corrected chi connectivity index (χ0v) is 16.2. The van der Waals surface area contributed by atoms with Crippen molar-refractivity contribution in [3.63, 3.8) is 0 Å². The third kappa shape index (κ3) is 9.92. The molecule has 103 valence electrons. The molecule has 0 aliphatic rings. The third-order valence-electron chi connectivity index (χ3n) is 2.25. The molecule has 0 saturated heterocycles. The van der Waals surface area contributed by atoms with Crippen molar-refractivity contribution in [3.8, 4) is 0 Å². The molecule has 2 nitrogen and oxygen atoms in total. The Morgan fingerprint density at radius 2 is 0.882 bits per heavy atom. The quantitative estimate of drug-likeness (QED) is 0.626. The Kier molecular flexibility index (Phi) is 7.43. The van der Waals surface area contributed by atoms with Crippen LogP contribution in [0.4, 0.5) is 0 Å². The van der Waals surface area contributed by atoms with E-state index in [0.29, 0.717) is 10.3 Å². The molecule has 17 heavy (non-hydrogen) atoms. The van der Waals surface area contributed by atoms with Crippen molar-refractivity contribution in [2.24, 2.45) is 0 Å². The second kappa shape index (κ2) is 6.44. The van der Waals surface area contributed by atoms with Gasteiger partial charge in [0.1, 0.15) is 0 Å². The Bertz CT molecular complexity index is 201. The first kappa shape index (κ1) is 19.6. The molecule has 0 amide bonds. The van der Waals surface area contributed by atoms with Crippen molar-refractivity contribution < 1.29 is 9.90 Å². The third-order valence-corrected chi connectivity index (χ3v) is 15.1. The van der Waals surface area contributed by atoms with Gasteiger partial charge in [-0.2, -0.15) is 0 Å². The van der Waals surface area contributed by atoms with E-state index in [-0.39, 0.29) is 0 Å². The molecule has 0 spiro atoms. The summed E-state index contributed by atoms with van der Waals surface area (Å²) in [6.45, 7) is 23.1. The van der Waals surface area contributed by atoms with Gasteiger partial charge in [0.25, 0.3) is 5.97 Å². The molecule has 0 aromatic rings. The summed E-state index contributed by atoms with van der Waals surface area (Å²) in [5.74, 6) is -0.833. The minimum absolute atomic E-state index is 0.582. The summed E-state index contributed by atoms with van der Waals surface area (Å²) in [5.41, 5.74) is 0. The monoisotopic (exact) mass is 351 g/mol. The van der Waals surface area contributed by atoms with E-state index in [4.69, 9.17) is 9.90 Å². The van der Waals surface area contributed by atoms with Crippen LogP contribution in [0.5, 0.6) is 0 Å². The first-order chi connectivity index (χ1) is 7.10. The van der Waals surface area contributed by atoms with E-state index in [1.165, 1.54) is 0 Å². The summed E-state index contributed by atoms with van der Waals surface area (Å²) < 4.78 is 1.75. The van der Waals surface area contributed by atoms with Crippen LogP contribution in [0.1, 0.15) is 69.2 Å². The summed E-state index contributed by atoms with van der Waals surface area (Å²) in [5, 5.41) is 7.42. The van der Waals surface area contributed by atoms with Gasteiger partial charge in [-0.1, -0.05) is 0 Å². The van der Waals surface area contributed by atoms with Crippen LogP contribution in [0.25, 0.3) is 0 Å². The second-order valence-corrected chi connectivity index (χ2v) is 22.6. The Labute approximate surface area is 115 Å². The van der Waals surface area contributed by atoms with E-state index in [2.05, 4.69) is 62.3 Å². The molecular formula is C14H31O2Sn. The zero-order valence-electron chi connectivity index (χ0n) is 13.4. The van der Waals surface area contributed by atoms with Gasteiger partial charge in [-0.15, -0.1) is 0 Å². The van der Waals surface area contributed by atoms with Gasteiger partial charge >= 0.3 is 92.4 Å². The summed E-state index contributed by atoms with van der Waals surface area (Å²) in [4.78, 5) is 9.00. The van der Waals surface area contributed by atoms with E-state index in [1.807, 2.05) is 0 Å². The molecule has 0 heterocycles. The molecule has 3 heteroatoms. The van der Waals surface area contributed by atoms with Gasteiger partial charge in [-0.05, 0) is 0 Å². The molecule has 0 aliphatic carbocycles. The van der Waals surface area contributed by atoms with Gasteiger partial charge in [0.2, 0.25) is 0 Å². The molecule has 1 N–H and O–H groups in total. The van der Waals surface area contributed by atoms with Crippen molar-refractivity contribution in [2.75, 3.05) is 0 Å².